The van der Waals surface area contributed by atoms with Gasteiger partial charge >= 0.3 is 17.9 Å². The van der Waals surface area contributed by atoms with Gasteiger partial charge in [-0.15, -0.1) is 0 Å². The Kier molecular flexibility index (Phi) is 9.81. The average Bonchev–Trinajstić information content (AvgIpc) is 2.95. The van der Waals surface area contributed by atoms with Crippen molar-refractivity contribution in [1.29, 1.82) is 0 Å². The zero-order valence-corrected chi connectivity index (χ0v) is 22.3. The van der Waals surface area contributed by atoms with Crippen LogP contribution in [0.15, 0.2) is 42.5 Å². The molecule has 1 fully saturated rings. The number of rotatable bonds is 9. The number of benzene rings is 2. The van der Waals surface area contributed by atoms with Gasteiger partial charge in [-0.05, 0) is 47.5 Å². The lowest BCUT2D eigenvalue weighted by molar-refractivity contribution is -0.204. The van der Waals surface area contributed by atoms with Crippen LogP contribution in [0.1, 0.15) is 24.0 Å². The topological polar surface area (TPSA) is 199 Å². The van der Waals surface area contributed by atoms with E-state index in [0.29, 0.717) is 11.1 Å². The molecule has 5 N–H and O–H groups in total. The molecule has 4 atom stereocenters. The molecule has 1 saturated carbocycles. The van der Waals surface area contributed by atoms with Gasteiger partial charge in [-0.2, -0.15) is 0 Å². The molecule has 0 radical (unpaired) electrons. The number of esters is 3. The number of phenols is 3. The fraction of sp³-hybridized carbons (Fsp3) is 0.321. The number of ether oxygens (including phenoxy) is 5. The smallest absolute Gasteiger partial charge is 0.338 e. The van der Waals surface area contributed by atoms with Crippen LogP contribution in [0.4, 0.5) is 0 Å². The zero-order valence-electron chi connectivity index (χ0n) is 22.3. The predicted molar refractivity (Wildman–Crippen MR) is 141 cm³/mol. The van der Waals surface area contributed by atoms with Gasteiger partial charge in [-0.1, -0.05) is 6.07 Å². The summed E-state index contributed by atoms with van der Waals surface area (Å²) < 4.78 is 25.4. The van der Waals surface area contributed by atoms with E-state index in [4.69, 9.17) is 18.9 Å². The average molecular weight is 575 g/mol. The molecular formula is C28H30O13. The molecule has 0 unspecified atom stereocenters. The van der Waals surface area contributed by atoms with Crippen molar-refractivity contribution in [1.82, 2.24) is 0 Å². The molecule has 220 valence electrons. The van der Waals surface area contributed by atoms with Gasteiger partial charge in [0.2, 0.25) is 5.75 Å². The normalized spacial score (nSPS) is 22.3. The van der Waals surface area contributed by atoms with E-state index in [2.05, 4.69) is 4.74 Å². The van der Waals surface area contributed by atoms with E-state index in [1.807, 2.05) is 0 Å². The van der Waals surface area contributed by atoms with Crippen molar-refractivity contribution in [2.24, 2.45) is 0 Å². The number of aromatic hydroxyl groups is 3. The van der Waals surface area contributed by atoms with Crippen LogP contribution in [0.2, 0.25) is 0 Å². The second kappa shape index (κ2) is 13.1. The molecule has 0 heterocycles. The second-order valence-electron chi connectivity index (χ2n) is 9.06. The zero-order chi connectivity index (χ0) is 30.3. The minimum atomic E-state index is -2.25. The first kappa shape index (κ1) is 30.8. The molecule has 13 nitrogen and oxygen atoms in total. The summed E-state index contributed by atoms with van der Waals surface area (Å²) in [5.74, 6) is -3.85. The maximum absolute atomic E-state index is 12.6. The van der Waals surface area contributed by atoms with Crippen molar-refractivity contribution in [3.05, 3.63) is 53.6 Å². The van der Waals surface area contributed by atoms with Crippen molar-refractivity contribution in [3.8, 4) is 28.7 Å². The Morgan fingerprint density at radius 3 is 1.78 bits per heavy atom. The standard InChI is InChI=1S/C28H30O13/c1-37-19-11-16(12-20(38-2)25(19)33)6-9-24(32)41-22-14-28(36,27(35)39-3)13-21(26(22)34)40-23(31)8-5-15-4-7-17(29)18(30)10-15/h4-12,21-22,26,29-30,33-34,36H,13-14H2,1-3H3/b8-5+,9-6+/t21-,22-,26+,28-/m1/s1. The van der Waals surface area contributed by atoms with E-state index in [0.717, 1.165) is 19.3 Å². The molecule has 0 spiro atoms. The Bertz CT molecular complexity index is 1320. The van der Waals surface area contributed by atoms with Gasteiger partial charge in [-0.25, -0.2) is 14.4 Å². The van der Waals surface area contributed by atoms with E-state index in [1.165, 1.54) is 56.7 Å². The largest absolute Gasteiger partial charge is 0.504 e. The summed E-state index contributed by atoms with van der Waals surface area (Å²) >= 11 is 0. The Labute approximate surface area is 234 Å². The fourth-order valence-corrected chi connectivity index (χ4v) is 4.17. The molecule has 1 aliphatic rings. The lowest BCUT2D eigenvalue weighted by Gasteiger charge is -2.41. The molecule has 0 saturated heterocycles. The van der Waals surface area contributed by atoms with Crippen LogP contribution < -0.4 is 9.47 Å². The predicted octanol–water partition coefficient (Wildman–Crippen LogP) is 1.43. The minimum Gasteiger partial charge on any atom is -0.504 e. The SMILES string of the molecule is COC(=O)[C@@]1(O)C[C@@H](OC(=O)/C=C/c2ccc(O)c(O)c2)[C@H](O)[C@H](OC(=O)/C=C/c2cc(OC)c(O)c(OC)c2)C1. The van der Waals surface area contributed by atoms with Crippen LogP contribution in [-0.2, 0) is 28.6 Å². The van der Waals surface area contributed by atoms with Crippen LogP contribution in [-0.4, -0.2) is 88.7 Å². The van der Waals surface area contributed by atoms with E-state index < -0.39 is 60.4 Å². The van der Waals surface area contributed by atoms with Crippen molar-refractivity contribution in [3.63, 3.8) is 0 Å². The van der Waals surface area contributed by atoms with E-state index in [-0.39, 0.29) is 23.0 Å². The number of carbonyl (C=O) groups is 3. The van der Waals surface area contributed by atoms with E-state index >= 15 is 0 Å². The summed E-state index contributed by atoms with van der Waals surface area (Å²) in [6, 6.07) is 6.67. The van der Waals surface area contributed by atoms with Gasteiger partial charge in [0.25, 0.3) is 0 Å². The number of aliphatic hydroxyl groups is 2. The summed E-state index contributed by atoms with van der Waals surface area (Å²) in [7, 11) is 3.70. The molecule has 0 bridgehead atoms. The van der Waals surface area contributed by atoms with Gasteiger partial charge < -0.3 is 49.2 Å². The van der Waals surface area contributed by atoms with Crippen molar-refractivity contribution in [2.75, 3.05) is 21.3 Å². The second-order valence-corrected chi connectivity index (χ2v) is 9.06. The molecule has 41 heavy (non-hydrogen) atoms. The molecule has 3 rings (SSSR count). The summed E-state index contributed by atoms with van der Waals surface area (Å²) in [5.41, 5.74) is -1.52. The summed E-state index contributed by atoms with van der Waals surface area (Å²) in [6.07, 6.45) is -1.13. The molecule has 13 heteroatoms. The van der Waals surface area contributed by atoms with Crippen molar-refractivity contribution in [2.45, 2.75) is 36.8 Å². The van der Waals surface area contributed by atoms with E-state index in [1.54, 1.807) is 0 Å². The molecular weight excluding hydrogens is 544 g/mol. The van der Waals surface area contributed by atoms with Gasteiger partial charge in [0.1, 0.15) is 18.3 Å². The van der Waals surface area contributed by atoms with Crippen LogP contribution in [0.5, 0.6) is 28.7 Å². The third kappa shape index (κ3) is 7.47. The highest BCUT2D eigenvalue weighted by Gasteiger charge is 2.52. The van der Waals surface area contributed by atoms with Gasteiger partial charge in [0.15, 0.2) is 28.6 Å². The molecule has 1 aliphatic carbocycles. The minimum absolute atomic E-state index is 0.0872. The number of aliphatic hydroxyl groups excluding tert-OH is 1. The van der Waals surface area contributed by atoms with Crippen LogP contribution >= 0.6 is 0 Å². The first-order valence-electron chi connectivity index (χ1n) is 12.1. The molecule has 0 amide bonds. The number of hydrogen-bond acceptors (Lipinski definition) is 13. The van der Waals surface area contributed by atoms with Crippen LogP contribution in [0.3, 0.4) is 0 Å². The Morgan fingerprint density at radius 2 is 1.32 bits per heavy atom. The highest BCUT2D eigenvalue weighted by molar-refractivity contribution is 5.88. The quantitative estimate of drug-likeness (QED) is 0.125. The third-order valence-corrected chi connectivity index (χ3v) is 6.27. The molecule has 0 aromatic heterocycles. The maximum atomic E-state index is 12.6. The molecule has 0 aliphatic heterocycles. The number of hydrogen-bond donors (Lipinski definition) is 5. The Hall–Kier alpha value is -4.75. The monoisotopic (exact) mass is 574 g/mol. The Balaban J connectivity index is 1.76. The lowest BCUT2D eigenvalue weighted by atomic mass is 9.79. The summed E-state index contributed by atoms with van der Waals surface area (Å²) in [4.78, 5) is 37.4. The van der Waals surface area contributed by atoms with Gasteiger partial charge in [-0.3, -0.25) is 0 Å². The molecule has 2 aromatic rings. The van der Waals surface area contributed by atoms with Crippen molar-refractivity contribution >= 4 is 30.1 Å². The third-order valence-electron chi connectivity index (χ3n) is 6.27. The maximum Gasteiger partial charge on any atom is 0.338 e. The first-order valence-corrected chi connectivity index (χ1v) is 12.1. The van der Waals surface area contributed by atoms with Gasteiger partial charge in [0, 0.05) is 25.0 Å². The number of carbonyl (C=O) groups excluding carboxylic acids is 3. The van der Waals surface area contributed by atoms with Crippen LogP contribution in [0.25, 0.3) is 12.2 Å². The number of phenolic OH excluding ortho intramolecular Hbond substituents is 3. The van der Waals surface area contributed by atoms with E-state index in [9.17, 15) is 39.9 Å². The summed E-state index contributed by atoms with van der Waals surface area (Å²) in [5, 5.41) is 50.8. The number of methoxy groups -OCH3 is 3. The highest BCUT2D eigenvalue weighted by atomic mass is 16.6. The van der Waals surface area contributed by atoms with Crippen LogP contribution in [0, 0.1) is 0 Å². The fourth-order valence-electron chi connectivity index (χ4n) is 4.17. The highest BCUT2D eigenvalue weighted by Crippen LogP contribution is 2.38. The first-order chi connectivity index (χ1) is 19.4. The van der Waals surface area contributed by atoms with Gasteiger partial charge in [0.05, 0.1) is 21.3 Å². The lowest BCUT2D eigenvalue weighted by Crippen LogP contribution is -2.58. The Morgan fingerprint density at radius 1 is 0.805 bits per heavy atom. The summed E-state index contributed by atoms with van der Waals surface area (Å²) in [6.45, 7) is 0. The molecule has 2 aromatic carbocycles. The van der Waals surface area contributed by atoms with Crippen molar-refractivity contribution < 1.29 is 63.6 Å².